The molecule has 1 aliphatic rings. The first-order chi connectivity index (χ1) is 9.86. The zero-order valence-electron chi connectivity index (χ0n) is 12.0. The molecule has 1 aliphatic heterocycles. The van der Waals surface area contributed by atoms with Crippen LogP contribution in [0.1, 0.15) is 23.7 Å². The molecule has 0 aliphatic carbocycles. The Balaban J connectivity index is 2.35. The van der Waals surface area contributed by atoms with Gasteiger partial charge < -0.3 is 10.5 Å². The molecular formula is C14H18N2O4S. The maximum Gasteiger partial charge on any atom is 0.337 e. The van der Waals surface area contributed by atoms with E-state index in [4.69, 9.17) is 5.73 Å². The van der Waals surface area contributed by atoms with E-state index in [0.717, 1.165) is 0 Å². The number of esters is 1. The third-order valence-electron chi connectivity index (χ3n) is 3.45. The monoisotopic (exact) mass is 310 g/mol. The van der Waals surface area contributed by atoms with Gasteiger partial charge in [-0.1, -0.05) is 11.6 Å². The SMILES string of the molecule is COC(=O)c1ccc(S(=O)(=O)N2CC=C(C)CC2)c(N)c1. The van der Waals surface area contributed by atoms with E-state index in [2.05, 4.69) is 4.74 Å². The Hall–Kier alpha value is -1.86. The summed E-state index contributed by atoms with van der Waals surface area (Å²) in [7, 11) is -2.40. The summed E-state index contributed by atoms with van der Waals surface area (Å²) in [5, 5.41) is 0. The van der Waals surface area contributed by atoms with Crippen LogP contribution in [0, 0.1) is 0 Å². The van der Waals surface area contributed by atoms with Gasteiger partial charge in [-0.2, -0.15) is 4.31 Å². The Kier molecular flexibility index (Phi) is 4.34. The van der Waals surface area contributed by atoms with E-state index in [9.17, 15) is 13.2 Å². The number of carbonyl (C=O) groups excluding carboxylic acids is 1. The average Bonchev–Trinajstić information content (AvgIpc) is 2.46. The topological polar surface area (TPSA) is 89.7 Å². The summed E-state index contributed by atoms with van der Waals surface area (Å²) in [6.07, 6.45) is 2.60. The zero-order valence-corrected chi connectivity index (χ0v) is 12.8. The predicted octanol–water partition coefficient (Wildman–Crippen LogP) is 1.40. The Morgan fingerprint density at radius 1 is 1.38 bits per heavy atom. The number of anilines is 1. The van der Waals surface area contributed by atoms with Crippen LogP contribution in [0.25, 0.3) is 0 Å². The Morgan fingerprint density at radius 2 is 2.10 bits per heavy atom. The fourth-order valence-corrected chi connectivity index (χ4v) is 3.62. The third kappa shape index (κ3) is 3.08. The molecule has 0 bridgehead atoms. The van der Waals surface area contributed by atoms with Gasteiger partial charge in [0.1, 0.15) is 4.90 Å². The van der Waals surface area contributed by atoms with Crippen LogP contribution in [0.15, 0.2) is 34.7 Å². The molecule has 0 unspecified atom stereocenters. The molecule has 0 fully saturated rings. The molecule has 0 atom stereocenters. The number of methoxy groups -OCH3 is 1. The molecule has 0 radical (unpaired) electrons. The second-order valence-electron chi connectivity index (χ2n) is 4.91. The molecule has 21 heavy (non-hydrogen) atoms. The van der Waals surface area contributed by atoms with Crippen LogP contribution in [0.2, 0.25) is 0 Å². The van der Waals surface area contributed by atoms with Gasteiger partial charge in [-0.05, 0) is 31.5 Å². The van der Waals surface area contributed by atoms with Crippen LogP contribution in [-0.2, 0) is 14.8 Å². The Morgan fingerprint density at radius 3 is 2.62 bits per heavy atom. The molecule has 0 amide bonds. The first kappa shape index (κ1) is 15.5. The lowest BCUT2D eigenvalue weighted by molar-refractivity contribution is 0.0600. The Bertz CT molecular complexity index is 695. The van der Waals surface area contributed by atoms with E-state index >= 15 is 0 Å². The number of ether oxygens (including phenoxy) is 1. The van der Waals surface area contributed by atoms with Gasteiger partial charge in [0.25, 0.3) is 0 Å². The van der Waals surface area contributed by atoms with Crippen molar-refractivity contribution in [3.8, 4) is 0 Å². The number of rotatable bonds is 3. The summed E-state index contributed by atoms with van der Waals surface area (Å²) in [5.74, 6) is -0.554. The van der Waals surface area contributed by atoms with Gasteiger partial charge in [0.2, 0.25) is 10.0 Å². The van der Waals surface area contributed by atoms with Crippen LogP contribution in [0.4, 0.5) is 5.69 Å². The maximum absolute atomic E-state index is 12.6. The number of hydrogen-bond donors (Lipinski definition) is 1. The highest BCUT2D eigenvalue weighted by atomic mass is 32.2. The van der Waals surface area contributed by atoms with E-state index in [-0.39, 0.29) is 16.1 Å². The summed E-state index contributed by atoms with van der Waals surface area (Å²) < 4.78 is 31.1. The summed E-state index contributed by atoms with van der Waals surface area (Å²) in [4.78, 5) is 11.4. The molecule has 1 aromatic carbocycles. The van der Waals surface area contributed by atoms with Crippen molar-refractivity contribution < 1.29 is 17.9 Å². The highest BCUT2D eigenvalue weighted by molar-refractivity contribution is 7.89. The average molecular weight is 310 g/mol. The molecule has 2 rings (SSSR count). The highest BCUT2D eigenvalue weighted by Crippen LogP contribution is 2.26. The van der Waals surface area contributed by atoms with Crippen molar-refractivity contribution in [3.05, 3.63) is 35.4 Å². The van der Waals surface area contributed by atoms with Crippen LogP contribution in [0.5, 0.6) is 0 Å². The van der Waals surface area contributed by atoms with Gasteiger partial charge in [-0.25, -0.2) is 13.2 Å². The maximum atomic E-state index is 12.6. The van der Waals surface area contributed by atoms with E-state index < -0.39 is 16.0 Å². The largest absolute Gasteiger partial charge is 0.465 e. The minimum Gasteiger partial charge on any atom is -0.465 e. The number of carbonyl (C=O) groups is 1. The normalized spacial score (nSPS) is 16.4. The second kappa shape index (κ2) is 5.87. The molecule has 0 spiro atoms. The van der Waals surface area contributed by atoms with Gasteiger partial charge in [0.15, 0.2) is 0 Å². The summed E-state index contributed by atoms with van der Waals surface area (Å²) >= 11 is 0. The summed E-state index contributed by atoms with van der Waals surface area (Å²) in [5.41, 5.74) is 7.25. The Labute approximate surface area is 124 Å². The van der Waals surface area contributed by atoms with E-state index in [1.54, 1.807) is 0 Å². The standard InChI is InChI=1S/C14H18N2O4S/c1-10-5-7-16(8-6-10)21(18,19)13-4-3-11(9-12(13)15)14(17)20-2/h3-5,9H,6-8,15H2,1-2H3. The smallest absolute Gasteiger partial charge is 0.337 e. The number of nitrogens with two attached hydrogens (primary N) is 1. The second-order valence-corrected chi connectivity index (χ2v) is 6.81. The molecule has 1 heterocycles. The first-order valence-electron chi connectivity index (χ1n) is 6.50. The van der Waals surface area contributed by atoms with Crippen LogP contribution in [-0.4, -0.2) is 38.9 Å². The number of sulfonamides is 1. The highest BCUT2D eigenvalue weighted by Gasteiger charge is 2.27. The number of nitrogen functional groups attached to an aromatic ring is 1. The minimum atomic E-state index is -3.65. The molecule has 114 valence electrons. The molecule has 7 heteroatoms. The van der Waals surface area contributed by atoms with Crippen LogP contribution < -0.4 is 5.73 Å². The van der Waals surface area contributed by atoms with Crippen molar-refractivity contribution >= 4 is 21.7 Å². The van der Waals surface area contributed by atoms with Gasteiger partial charge >= 0.3 is 5.97 Å². The van der Waals surface area contributed by atoms with Crippen molar-refractivity contribution in [3.63, 3.8) is 0 Å². The fraction of sp³-hybridized carbons (Fsp3) is 0.357. The molecule has 0 aromatic heterocycles. The van der Waals surface area contributed by atoms with Crippen molar-refractivity contribution in [2.75, 3.05) is 25.9 Å². The number of benzene rings is 1. The van der Waals surface area contributed by atoms with Gasteiger partial charge in [0, 0.05) is 13.1 Å². The van der Waals surface area contributed by atoms with Crippen LogP contribution in [0.3, 0.4) is 0 Å². The molecule has 0 saturated carbocycles. The lowest BCUT2D eigenvalue weighted by Crippen LogP contribution is -2.35. The lowest BCUT2D eigenvalue weighted by atomic mass is 10.1. The minimum absolute atomic E-state index is 0.0168. The van der Waals surface area contributed by atoms with E-state index in [1.807, 2.05) is 13.0 Å². The molecular weight excluding hydrogens is 292 g/mol. The van der Waals surface area contributed by atoms with Gasteiger partial charge in [-0.3, -0.25) is 0 Å². The lowest BCUT2D eigenvalue weighted by Gasteiger charge is -2.25. The third-order valence-corrected chi connectivity index (χ3v) is 5.39. The number of nitrogens with zero attached hydrogens (tertiary/aromatic N) is 1. The van der Waals surface area contributed by atoms with E-state index in [1.165, 1.54) is 35.2 Å². The molecule has 0 saturated heterocycles. The van der Waals surface area contributed by atoms with Crippen molar-refractivity contribution in [1.29, 1.82) is 0 Å². The molecule has 6 nitrogen and oxygen atoms in total. The van der Waals surface area contributed by atoms with Crippen molar-refractivity contribution in [1.82, 2.24) is 4.31 Å². The zero-order chi connectivity index (χ0) is 15.6. The fourth-order valence-electron chi connectivity index (χ4n) is 2.14. The van der Waals surface area contributed by atoms with Crippen molar-refractivity contribution in [2.45, 2.75) is 18.2 Å². The molecule has 2 N–H and O–H groups in total. The quantitative estimate of drug-likeness (QED) is 0.518. The van der Waals surface area contributed by atoms with Crippen LogP contribution >= 0.6 is 0 Å². The number of hydrogen-bond acceptors (Lipinski definition) is 5. The predicted molar refractivity (Wildman–Crippen MR) is 79.3 cm³/mol. The summed E-state index contributed by atoms with van der Waals surface area (Å²) in [6, 6.07) is 4.08. The van der Waals surface area contributed by atoms with Gasteiger partial charge in [-0.15, -0.1) is 0 Å². The van der Waals surface area contributed by atoms with Gasteiger partial charge in [0.05, 0.1) is 18.4 Å². The summed E-state index contributed by atoms with van der Waals surface area (Å²) in [6.45, 7) is 2.75. The van der Waals surface area contributed by atoms with E-state index in [0.29, 0.717) is 19.5 Å². The van der Waals surface area contributed by atoms with Crippen molar-refractivity contribution in [2.24, 2.45) is 0 Å². The first-order valence-corrected chi connectivity index (χ1v) is 7.94. The molecule has 1 aromatic rings.